The highest BCUT2D eigenvalue weighted by Crippen LogP contribution is 2.40. The van der Waals surface area contributed by atoms with Gasteiger partial charge in [-0.15, -0.1) is 0 Å². The van der Waals surface area contributed by atoms with Gasteiger partial charge < -0.3 is 10.6 Å². The quantitative estimate of drug-likeness (QED) is 0.745. The zero-order valence-corrected chi connectivity index (χ0v) is 14.6. The summed E-state index contributed by atoms with van der Waals surface area (Å²) < 4.78 is 0. The molecule has 2 aliphatic heterocycles. The molecule has 5 nitrogen and oxygen atoms in total. The van der Waals surface area contributed by atoms with Gasteiger partial charge >= 0.3 is 6.03 Å². The van der Waals surface area contributed by atoms with Crippen molar-refractivity contribution < 1.29 is 4.79 Å². The maximum atomic E-state index is 12.6. The molecule has 1 aromatic rings. The van der Waals surface area contributed by atoms with Crippen LogP contribution < -0.4 is 15.5 Å². The predicted molar refractivity (Wildman–Crippen MR) is 93.2 cm³/mol. The predicted octanol–water partition coefficient (Wildman–Crippen LogP) is 3.18. The van der Waals surface area contributed by atoms with Crippen LogP contribution in [0.4, 0.5) is 10.5 Å². The van der Waals surface area contributed by atoms with Crippen molar-refractivity contribution in [2.24, 2.45) is 0 Å². The Hall–Kier alpha value is -1.88. The van der Waals surface area contributed by atoms with Gasteiger partial charge in [0.25, 0.3) is 0 Å². The fraction of sp³-hybridized carbons (Fsp3) is 0.556. The summed E-state index contributed by atoms with van der Waals surface area (Å²) in [6.45, 7) is 10.5. The number of hydrogen-bond acceptors (Lipinski definition) is 3. The Balaban J connectivity index is 1.99. The van der Waals surface area contributed by atoms with Gasteiger partial charge in [0.2, 0.25) is 0 Å². The molecule has 2 aliphatic rings. The Morgan fingerprint density at radius 1 is 1.04 bits per heavy atom. The molecule has 1 aromatic carbocycles. The van der Waals surface area contributed by atoms with E-state index in [0.29, 0.717) is 18.7 Å². The van der Waals surface area contributed by atoms with Gasteiger partial charge in [-0.25, -0.2) is 9.69 Å². The largest absolute Gasteiger partial charge is 0.328 e. The monoisotopic (exact) mass is 314 g/mol. The van der Waals surface area contributed by atoms with Crippen LogP contribution in [0.5, 0.6) is 0 Å². The molecular weight excluding hydrogens is 288 g/mol. The molecule has 3 rings (SSSR count). The Morgan fingerprint density at radius 2 is 1.57 bits per heavy atom. The van der Waals surface area contributed by atoms with Gasteiger partial charge in [-0.2, -0.15) is 0 Å². The normalized spacial score (nSPS) is 24.8. The molecule has 0 aromatic heterocycles. The lowest BCUT2D eigenvalue weighted by atomic mass is 9.70. The fourth-order valence-corrected chi connectivity index (χ4v) is 4.41. The number of anilines is 1. The third-order valence-electron chi connectivity index (χ3n) is 4.68. The third-order valence-corrected chi connectivity index (χ3v) is 4.68. The van der Waals surface area contributed by atoms with Crippen molar-refractivity contribution in [2.75, 3.05) is 4.90 Å². The number of amidine groups is 1. The van der Waals surface area contributed by atoms with Gasteiger partial charge in [0, 0.05) is 11.1 Å². The summed E-state index contributed by atoms with van der Waals surface area (Å²) in [4.78, 5) is 14.1. The minimum absolute atomic E-state index is 0.148. The van der Waals surface area contributed by atoms with Crippen LogP contribution in [0.15, 0.2) is 24.3 Å². The number of carbonyl (C=O) groups is 1. The summed E-state index contributed by atoms with van der Waals surface area (Å²) in [5.41, 5.74) is 0.984. The molecule has 2 amide bonds. The maximum absolute atomic E-state index is 12.6. The van der Waals surface area contributed by atoms with Gasteiger partial charge in [-0.3, -0.25) is 5.41 Å². The smallest absolute Gasteiger partial charge is 0.325 e. The SMILES string of the molecule is Cc1ccc(N2C(=N)C3(CC(C)(C)NC(C)(C)C3)NC2=O)cc1. The highest BCUT2D eigenvalue weighted by Gasteiger charge is 2.56. The van der Waals surface area contributed by atoms with E-state index in [0.717, 1.165) is 11.3 Å². The van der Waals surface area contributed by atoms with Crippen molar-refractivity contribution in [2.45, 2.75) is 64.1 Å². The second kappa shape index (κ2) is 4.81. The van der Waals surface area contributed by atoms with E-state index in [1.807, 2.05) is 31.2 Å². The van der Waals surface area contributed by atoms with Crippen molar-refractivity contribution in [1.82, 2.24) is 10.6 Å². The van der Waals surface area contributed by atoms with E-state index in [-0.39, 0.29) is 17.1 Å². The van der Waals surface area contributed by atoms with E-state index in [4.69, 9.17) is 5.41 Å². The minimum Gasteiger partial charge on any atom is -0.325 e. The van der Waals surface area contributed by atoms with E-state index in [2.05, 4.69) is 38.3 Å². The number of rotatable bonds is 1. The average Bonchev–Trinajstić information content (AvgIpc) is 2.58. The first-order valence-electron chi connectivity index (χ1n) is 8.11. The maximum Gasteiger partial charge on any atom is 0.328 e. The van der Waals surface area contributed by atoms with E-state index >= 15 is 0 Å². The fourth-order valence-electron chi connectivity index (χ4n) is 4.41. The third kappa shape index (κ3) is 2.74. The molecule has 0 atom stereocenters. The van der Waals surface area contributed by atoms with Crippen LogP contribution in [-0.2, 0) is 0 Å². The molecule has 2 heterocycles. The van der Waals surface area contributed by atoms with Gasteiger partial charge in [0.05, 0.1) is 5.69 Å². The second-order valence-electron chi connectivity index (χ2n) is 8.28. The van der Waals surface area contributed by atoms with Crippen molar-refractivity contribution >= 4 is 17.6 Å². The summed E-state index contributed by atoms with van der Waals surface area (Å²) in [7, 11) is 0. The second-order valence-corrected chi connectivity index (χ2v) is 8.28. The Kier molecular flexibility index (Phi) is 3.34. The number of piperidine rings is 1. The molecule has 0 bridgehead atoms. The molecule has 0 unspecified atom stereocenters. The number of amides is 2. The number of carbonyl (C=O) groups excluding carboxylic acids is 1. The minimum atomic E-state index is -0.611. The van der Waals surface area contributed by atoms with Crippen LogP contribution in [0, 0.1) is 12.3 Å². The van der Waals surface area contributed by atoms with Crippen LogP contribution in [0.25, 0.3) is 0 Å². The van der Waals surface area contributed by atoms with Gasteiger partial charge in [-0.05, 0) is 59.6 Å². The van der Waals surface area contributed by atoms with Crippen LogP contribution in [0.3, 0.4) is 0 Å². The molecule has 23 heavy (non-hydrogen) atoms. The first-order valence-corrected chi connectivity index (χ1v) is 8.11. The molecule has 0 radical (unpaired) electrons. The highest BCUT2D eigenvalue weighted by atomic mass is 16.2. The average molecular weight is 314 g/mol. The first-order chi connectivity index (χ1) is 10.5. The number of nitrogens with one attached hydrogen (secondary N) is 3. The Labute approximate surface area is 138 Å². The van der Waals surface area contributed by atoms with Crippen molar-refractivity contribution in [3.05, 3.63) is 29.8 Å². The number of benzene rings is 1. The molecular formula is C18H26N4O. The zero-order valence-electron chi connectivity index (χ0n) is 14.6. The first kappa shape index (κ1) is 16.0. The summed E-state index contributed by atoms with van der Waals surface area (Å²) in [6, 6.07) is 7.54. The molecule has 1 spiro atoms. The van der Waals surface area contributed by atoms with Crippen molar-refractivity contribution in [3.8, 4) is 0 Å². The summed E-state index contributed by atoms with van der Waals surface area (Å²) in [6.07, 6.45) is 1.41. The summed E-state index contributed by atoms with van der Waals surface area (Å²) in [5, 5.41) is 15.5. The standard InChI is InChI=1S/C18H26N4O/c1-12-6-8-13(9-7-12)22-14(19)18(20-15(22)23)10-16(2,3)21-17(4,5)11-18/h6-9,19,21H,10-11H2,1-5H3,(H,20,23). The van der Waals surface area contributed by atoms with Crippen molar-refractivity contribution in [3.63, 3.8) is 0 Å². The Bertz CT molecular complexity index is 644. The lowest BCUT2D eigenvalue weighted by molar-refractivity contribution is 0.127. The van der Waals surface area contributed by atoms with Crippen LogP contribution in [-0.4, -0.2) is 28.5 Å². The van der Waals surface area contributed by atoms with Crippen LogP contribution in [0.2, 0.25) is 0 Å². The van der Waals surface area contributed by atoms with E-state index in [1.54, 1.807) is 0 Å². The van der Waals surface area contributed by atoms with Crippen molar-refractivity contribution in [1.29, 1.82) is 5.41 Å². The van der Waals surface area contributed by atoms with Gasteiger partial charge in [-0.1, -0.05) is 17.7 Å². The van der Waals surface area contributed by atoms with Gasteiger partial charge in [0.1, 0.15) is 11.4 Å². The number of nitrogens with zero attached hydrogens (tertiary/aromatic N) is 1. The molecule has 3 N–H and O–H groups in total. The summed E-state index contributed by atoms with van der Waals surface area (Å²) >= 11 is 0. The Morgan fingerprint density at radius 3 is 2.09 bits per heavy atom. The molecule has 0 saturated carbocycles. The van der Waals surface area contributed by atoms with Crippen LogP contribution >= 0.6 is 0 Å². The number of hydrogen-bond donors (Lipinski definition) is 3. The highest BCUT2D eigenvalue weighted by molar-refractivity contribution is 6.24. The van der Waals surface area contributed by atoms with E-state index in [9.17, 15) is 4.79 Å². The van der Waals surface area contributed by atoms with E-state index in [1.165, 1.54) is 4.90 Å². The molecule has 0 aliphatic carbocycles. The van der Waals surface area contributed by atoms with Gasteiger partial charge in [0.15, 0.2) is 0 Å². The van der Waals surface area contributed by atoms with E-state index < -0.39 is 5.54 Å². The molecule has 2 fully saturated rings. The lowest BCUT2D eigenvalue weighted by Gasteiger charge is -2.51. The summed E-state index contributed by atoms with van der Waals surface area (Å²) in [5.74, 6) is 0.356. The zero-order chi connectivity index (χ0) is 17.0. The topological polar surface area (TPSA) is 68.2 Å². The number of urea groups is 1. The van der Waals surface area contributed by atoms with Crippen LogP contribution in [0.1, 0.15) is 46.1 Å². The molecule has 124 valence electrons. The molecule has 2 saturated heterocycles. The number of aryl methyl sites for hydroxylation is 1. The molecule has 5 heteroatoms. The lowest BCUT2D eigenvalue weighted by Crippen LogP contribution is -2.68.